The molecule has 0 aliphatic rings. The van der Waals surface area contributed by atoms with Crippen LogP contribution in [0, 0.1) is 0 Å². The van der Waals surface area contributed by atoms with E-state index in [1.54, 1.807) is 19.9 Å². The minimum Gasteiger partial charge on any atom is -0.322 e. The second-order valence-electron chi connectivity index (χ2n) is 6.89. The lowest BCUT2D eigenvalue weighted by molar-refractivity contribution is 0.102. The third-order valence-corrected chi connectivity index (χ3v) is 8.61. The minimum atomic E-state index is -3.92. The molecule has 1 amide bonds. The SMILES string of the molecule is CCN(CC)S(=O)(=O)c1cc(C(=O)Nc2ccc(S(=O)(=O)Nc3ncccn3)cc2)ccc1Cl. The fourth-order valence-electron chi connectivity index (χ4n) is 3.00. The van der Waals surface area contributed by atoms with E-state index in [0.29, 0.717) is 5.69 Å². The van der Waals surface area contributed by atoms with Crippen LogP contribution in [0.2, 0.25) is 5.02 Å². The maximum atomic E-state index is 12.8. The zero-order valence-corrected chi connectivity index (χ0v) is 20.7. The molecule has 3 rings (SSSR count). The lowest BCUT2D eigenvalue weighted by Crippen LogP contribution is -2.31. The van der Waals surface area contributed by atoms with Crippen LogP contribution in [-0.2, 0) is 20.0 Å². The zero-order chi connectivity index (χ0) is 24.9. The van der Waals surface area contributed by atoms with Gasteiger partial charge in [0.25, 0.3) is 15.9 Å². The highest BCUT2D eigenvalue weighted by Crippen LogP contribution is 2.26. The van der Waals surface area contributed by atoms with E-state index in [4.69, 9.17) is 11.6 Å². The average Bonchev–Trinajstić information content (AvgIpc) is 2.80. The lowest BCUT2D eigenvalue weighted by Gasteiger charge is -2.19. The number of hydrogen-bond acceptors (Lipinski definition) is 7. The van der Waals surface area contributed by atoms with Crippen molar-refractivity contribution in [2.75, 3.05) is 23.1 Å². The number of rotatable bonds is 9. The van der Waals surface area contributed by atoms with Crippen LogP contribution in [-0.4, -0.2) is 50.1 Å². The van der Waals surface area contributed by atoms with Crippen LogP contribution >= 0.6 is 11.6 Å². The summed E-state index contributed by atoms with van der Waals surface area (Å²) in [5.74, 6) is -0.655. The largest absolute Gasteiger partial charge is 0.322 e. The van der Waals surface area contributed by atoms with E-state index in [2.05, 4.69) is 20.0 Å². The maximum Gasteiger partial charge on any atom is 0.264 e. The fraction of sp³-hybridized carbons (Fsp3) is 0.190. The van der Waals surface area contributed by atoms with Gasteiger partial charge < -0.3 is 5.32 Å². The number of carbonyl (C=O) groups excluding carboxylic acids is 1. The van der Waals surface area contributed by atoms with Crippen molar-refractivity contribution < 1.29 is 21.6 Å². The van der Waals surface area contributed by atoms with Gasteiger partial charge in [0.05, 0.1) is 9.92 Å². The quantitative estimate of drug-likeness (QED) is 0.439. The number of aromatic nitrogens is 2. The maximum absolute atomic E-state index is 12.8. The molecule has 0 bridgehead atoms. The van der Waals surface area contributed by atoms with Crippen molar-refractivity contribution in [3.05, 3.63) is 71.5 Å². The van der Waals surface area contributed by atoms with Gasteiger partial charge >= 0.3 is 0 Å². The predicted molar refractivity (Wildman–Crippen MR) is 129 cm³/mol. The number of amides is 1. The Hall–Kier alpha value is -3.06. The van der Waals surface area contributed by atoms with Crippen molar-refractivity contribution in [3.8, 4) is 0 Å². The molecule has 0 radical (unpaired) electrons. The Balaban J connectivity index is 1.79. The molecule has 34 heavy (non-hydrogen) atoms. The van der Waals surface area contributed by atoms with Crippen molar-refractivity contribution >= 4 is 49.2 Å². The first kappa shape index (κ1) is 25.6. The van der Waals surface area contributed by atoms with E-state index in [9.17, 15) is 21.6 Å². The zero-order valence-electron chi connectivity index (χ0n) is 18.3. The fourth-order valence-corrected chi connectivity index (χ4v) is 5.91. The second kappa shape index (κ2) is 10.5. The molecule has 3 aromatic rings. The Morgan fingerprint density at radius 3 is 2.18 bits per heavy atom. The molecule has 0 aliphatic carbocycles. The van der Waals surface area contributed by atoms with Crippen molar-refractivity contribution in [1.29, 1.82) is 0 Å². The highest BCUT2D eigenvalue weighted by Gasteiger charge is 2.25. The molecule has 2 N–H and O–H groups in total. The van der Waals surface area contributed by atoms with Gasteiger partial charge in [-0.2, -0.15) is 4.31 Å². The van der Waals surface area contributed by atoms with E-state index in [1.807, 2.05) is 0 Å². The summed E-state index contributed by atoms with van der Waals surface area (Å²) < 4.78 is 54.1. The van der Waals surface area contributed by atoms with Crippen molar-refractivity contribution in [1.82, 2.24) is 14.3 Å². The third-order valence-electron chi connectivity index (χ3n) is 4.73. The summed E-state index contributed by atoms with van der Waals surface area (Å²) in [6.07, 6.45) is 2.80. The first-order valence-corrected chi connectivity index (χ1v) is 13.4. The third kappa shape index (κ3) is 5.70. The van der Waals surface area contributed by atoms with Gasteiger partial charge in [-0.1, -0.05) is 25.4 Å². The monoisotopic (exact) mass is 523 g/mol. The number of benzene rings is 2. The average molecular weight is 524 g/mol. The summed E-state index contributed by atoms with van der Waals surface area (Å²) in [6.45, 7) is 3.92. The molecule has 0 atom stereocenters. The number of hydrogen-bond donors (Lipinski definition) is 2. The van der Waals surface area contributed by atoms with Gasteiger partial charge in [0.15, 0.2) is 0 Å². The van der Waals surface area contributed by atoms with E-state index in [-0.39, 0.29) is 39.4 Å². The van der Waals surface area contributed by atoms with Crippen LogP contribution in [0.25, 0.3) is 0 Å². The van der Waals surface area contributed by atoms with Crippen LogP contribution in [0.15, 0.2) is 70.7 Å². The Labute approximate surface area is 203 Å². The topological polar surface area (TPSA) is 138 Å². The van der Waals surface area contributed by atoms with E-state index in [1.165, 1.54) is 59.2 Å². The van der Waals surface area contributed by atoms with Gasteiger partial charge in [-0.3, -0.25) is 4.79 Å². The number of sulfonamides is 2. The van der Waals surface area contributed by atoms with Crippen LogP contribution in [0.4, 0.5) is 11.6 Å². The van der Waals surface area contributed by atoms with Crippen LogP contribution in [0.5, 0.6) is 0 Å². The normalized spacial score (nSPS) is 11.9. The molecule has 13 heteroatoms. The summed E-state index contributed by atoms with van der Waals surface area (Å²) in [5.41, 5.74) is 0.387. The summed E-state index contributed by atoms with van der Waals surface area (Å²) in [7, 11) is -7.80. The predicted octanol–water partition coefficient (Wildman–Crippen LogP) is 3.21. The van der Waals surface area contributed by atoms with Crippen molar-refractivity contribution in [3.63, 3.8) is 0 Å². The minimum absolute atomic E-state index is 0.00732. The smallest absolute Gasteiger partial charge is 0.264 e. The van der Waals surface area contributed by atoms with Crippen molar-refractivity contribution in [2.45, 2.75) is 23.6 Å². The van der Waals surface area contributed by atoms with Gasteiger partial charge in [0.1, 0.15) is 4.90 Å². The van der Waals surface area contributed by atoms with Gasteiger partial charge in [-0.25, -0.2) is 31.5 Å². The number of halogens is 1. The van der Waals surface area contributed by atoms with Gasteiger partial charge in [0.2, 0.25) is 16.0 Å². The molecule has 0 saturated carbocycles. The van der Waals surface area contributed by atoms with Crippen LogP contribution in [0.1, 0.15) is 24.2 Å². The Morgan fingerprint density at radius 2 is 1.59 bits per heavy atom. The van der Waals surface area contributed by atoms with Gasteiger partial charge in [-0.15, -0.1) is 0 Å². The van der Waals surface area contributed by atoms with Gasteiger partial charge in [0, 0.05) is 36.7 Å². The Bertz CT molecular complexity index is 1380. The molecule has 180 valence electrons. The van der Waals surface area contributed by atoms with E-state index in [0.717, 1.165) is 0 Å². The molecule has 0 aliphatic heterocycles. The van der Waals surface area contributed by atoms with Crippen LogP contribution in [0.3, 0.4) is 0 Å². The molecule has 1 aromatic heterocycles. The molecule has 0 fully saturated rings. The summed E-state index contributed by atoms with van der Waals surface area (Å²) in [5, 5.41) is 2.62. The van der Waals surface area contributed by atoms with Crippen molar-refractivity contribution in [2.24, 2.45) is 0 Å². The van der Waals surface area contributed by atoms with Gasteiger partial charge in [-0.05, 0) is 48.5 Å². The summed E-state index contributed by atoms with van der Waals surface area (Å²) >= 11 is 6.11. The first-order valence-electron chi connectivity index (χ1n) is 10.1. The molecule has 0 saturated heterocycles. The highest BCUT2D eigenvalue weighted by atomic mass is 35.5. The summed E-state index contributed by atoms with van der Waals surface area (Å²) in [4.78, 5) is 20.1. The molecular formula is C21H22ClN5O5S2. The molecular weight excluding hydrogens is 502 g/mol. The highest BCUT2D eigenvalue weighted by molar-refractivity contribution is 7.92. The second-order valence-corrected chi connectivity index (χ2v) is 10.9. The first-order chi connectivity index (χ1) is 16.1. The van der Waals surface area contributed by atoms with Crippen LogP contribution < -0.4 is 10.0 Å². The number of nitrogens with one attached hydrogen (secondary N) is 2. The standard InChI is InChI=1S/C21H22ClN5O5S2/c1-3-27(4-2)34(31,32)19-14-15(6-11-18(19)22)20(28)25-16-7-9-17(10-8-16)33(29,30)26-21-23-12-5-13-24-21/h5-14H,3-4H2,1-2H3,(H,25,28)(H,23,24,26). The molecule has 2 aromatic carbocycles. The van der Waals surface area contributed by atoms with E-state index < -0.39 is 26.0 Å². The number of anilines is 2. The Kier molecular flexibility index (Phi) is 7.87. The Morgan fingerprint density at radius 1 is 0.971 bits per heavy atom. The molecule has 1 heterocycles. The lowest BCUT2D eigenvalue weighted by atomic mass is 10.2. The number of carbonyl (C=O) groups is 1. The molecule has 0 unspecified atom stereocenters. The van der Waals surface area contributed by atoms with E-state index >= 15 is 0 Å². The summed E-state index contributed by atoms with van der Waals surface area (Å²) in [6, 6.07) is 10.9. The molecule has 10 nitrogen and oxygen atoms in total. The molecule has 0 spiro atoms. The number of nitrogens with zero attached hydrogens (tertiary/aromatic N) is 3.